The van der Waals surface area contributed by atoms with Gasteiger partial charge in [0.2, 0.25) is 0 Å². The molecule has 2 aromatic rings. The Labute approximate surface area is 111 Å². The lowest BCUT2D eigenvalue weighted by molar-refractivity contribution is 0.619. The molecule has 0 fully saturated rings. The van der Waals surface area contributed by atoms with Crippen molar-refractivity contribution in [2.24, 2.45) is 5.73 Å². The highest BCUT2D eigenvalue weighted by Crippen LogP contribution is 2.28. The number of hydrogen-bond acceptors (Lipinski definition) is 3. The van der Waals surface area contributed by atoms with Gasteiger partial charge in [0.25, 0.3) is 0 Å². The fourth-order valence-corrected chi connectivity index (χ4v) is 2.76. The van der Waals surface area contributed by atoms with Crippen LogP contribution in [0, 0.1) is 12.7 Å². The monoisotopic (exact) mass is 264 g/mol. The molecule has 96 valence electrons. The first-order valence-electron chi connectivity index (χ1n) is 6.04. The minimum atomic E-state index is -0.174. The SMILES string of the molecule is Cc1cc(-c2nc(C(C)CCN)cs2)ccc1F. The molecule has 2 rings (SSSR count). The fraction of sp³-hybridized carbons (Fsp3) is 0.357. The quantitative estimate of drug-likeness (QED) is 0.914. The molecule has 0 saturated heterocycles. The molecule has 2 N–H and O–H groups in total. The first-order chi connectivity index (χ1) is 8.61. The van der Waals surface area contributed by atoms with E-state index in [9.17, 15) is 4.39 Å². The highest BCUT2D eigenvalue weighted by Gasteiger charge is 2.11. The van der Waals surface area contributed by atoms with Crippen LogP contribution < -0.4 is 5.73 Å². The summed E-state index contributed by atoms with van der Waals surface area (Å²) in [5.41, 5.74) is 8.26. The lowest BCUT2D eigenvalue weighted by atomic mass is 10.1. The average Bonchev–Trinajstić information content (AvgIpc) is 2.82. The normalized spacial score (nSPS) is 12.7. The van der Waals surface area contributed by atoms with E-state index in [0.29, 0.717) is 18.0 Å². The molecule has 0 bridgehead atoms. The topological polar surface area (TPSA) is 38.9 Å². The number of thiazole rings is 1. The molecule has 0 amide bonds. The van der Waals surface area contributed by atoms with E-state index in [-0.39, 0.29) is 5.82 Å². The molecule has 1 heterocycles. The summed E-state index contributed by atoms with van der Waals surface area (Å²) in [6.45, 7) is 4.57. The molecule has 1 aromatic carbocycles. The second kappa shape index (κ2) is 5.59. The van der Waals surface area contributed by atoms with Crippen molar-refractivity contribution in [1.29, 1.82) is 0 Å². The highest BCUT2D eigenvalue weighted by molar-refractivity contribution is 7.13. The molecule has 1 atom stereocenters. The van der Waals surface area contributed by atoms with E-state index < -0.39 is 0 Å². The number of benzene rings is 1. The molecule has 0 radical (unpaired) electrons. The Morgan fingerprint density at radius 2 is 2.22 bits per heavy atom. The molecule has 4 heteroatoms. The van der Waals surface area contributed by atoms with E-state index in [4.69, 9.17) is 5.73 Å². The van der Waals surface area contributed by atoms with Gasteiger partial charge in [-0.05, 0) is 43.7 Å². The zero-order valence-electron chi connectivity index (χ0n) is 10.6. The molecule has 0 aliphatic carbocycles. The van der Waals surface area contributed by atoms with Gasteiger partial charge in [-0.3, -0.25) is 0 Å². The molecule has 1 aromatic heterocycles. The molecule has 18 heavy (non-hydrogen) atoms. The van der Waals surface area contributed by atoms with Crippen molar-refractivity contribution in [2.45, 2.75) is 26.2 Å². The van der Waals surface area contributed by atoms with Gasteiger partial charge in [-0.2, -0.15) is 0 Å². The van der Waals surface area contributed by atoms with Crippen LogP contribution in [-0.2, 0) is 0 Å². The molecular formula is C14H17FN2S. The van der Waals surface area contributed by atoms with Crippen LogP contribution in [0.25, 0.3) is 10.6 Å². The average molecular weight is 264 g/mol. The molecule has 2 nitrogen and oxygen atoms in total. The summed E-state index contributed by atoms with van der Waals surface area (Å²) < 4.78 is 13.2. The van der Waals surface area contributed by atoms with Crippen molar-refractivity contribution in [3.8, 4) is 10.6 Å². The molecule has 0 spiro atoms. The first kappa shape index (κ1) is 13.2. The number of nitrogens with two attached hydrogens (primary N) is 1. The Kier molecular flexibility index (Phi) is 4.09. The van der Waals surface area contributed by atoms with E-state index in [1.54, 1.807) is 24.3 Å². The zero-order valence-corrected chi connectivity index (χ0v) is 11.4. The predicted molar refractivity (Wildman–Crippen MR) is 74.3 cm³/mol. The van der Waals surface area contributed by atoms with Gasteiger partial charge in [0.1, 0.15) is 10.8 Å². The number of halogens is 1. The van der Waals surface area contributed by atoms with Gasteiger partial charge in [-0.1, -0.05) is 6.92 Å². The van der Waals surface area contributed by atoms with Gasteiger partial charge < -0.3 is 5.73 Å². The predicted octanol–water partition coefficient (Wildman–Crippen LogP) is 3.71. The lowest BCUT2D eigenvalue weighted by Crippen LogP contribution is -2.04. The number of hydrogen-bond donors (Lipinski definition) is 1. The maximum Gasteiger partial charge on any atom is 0.126 e. The minimum absolute atomic E-state index is 0.174. The third kappa shape index (κ3) is 2.76. The van der Waals surface area contributed by atoms with Gasteiger partial charge in [0.15, 0.2) is 0 Å². The van der Waals surface area contributed by atoms with Crippen LogP contribution in [0.1, 0.15) is 30.5 Å². The second-order valence-corrected chi connectivity index (χ2v) is 5.38. The molecule has 1 unspecified atom stereocenters. The zero-order chi connectivity index (χ0) is 13.1. The Balaban J connectivity index is 2.26. The van der Waals surface area contributed by atoms with Crippen LogP contribution in [0.2, 0.25) is 0 Å². The van der Waals surface area contributed by atoms with Crippen LogP contribution in [-0.4, -0.2) is 11.5 Å². The van der Waals surface area contributed by atoms with Crippen LogP contribution in [0.5, 0.6) is 0 Å². The van der Waals surface area contributed by atoms with Crippen molar-refractivity contribution in [3.63, 3.8) is 0 Å². The summed E-state index contributed by atoms with van der Waals surface area (Å²) in [6, 6.07) is 5.11. The Hall–Kier alpha value is -1.26. The van der Waals surface area contributed by atoms with Crippen LogP contribution >= 0.6 is 11.3 Å². The van der Waals surface area contributed by atoms with Gasteiger partial charge in [-0.25, -0.2) is 9.37 Å². The van der Waals surface area contributed by atoms with E-state index in [2.05, 4.69) is 17.3 Å². The Bertz CT molecular complexity index is 536. The maximum atomic E-state index is 13.2. The van der Waals surface area contributed by atoms with Gasteiger partial charge in [0, 0.05) is 16.9 Å². The molecule has 0 aliphatic heterocycles. The van der Waals surface area contributed by atoms with Crippen LogP contribution in [0.15, 0.2) is 23.6 Å². The summed E-state index contributed by atoms with van der Waals surface area (Å²) in [7, 11) is 0. The number of nitrogens with zero attached hydrogens (tertiary/aromatic N) is 1. The largest absolute Gasteiger partial charge is 0.330 e. The van der Waals surface area contributed by atoms with Crippen LogP contribution in [0.3, 0.4) is 0 Å². The second-order valence-electron chi connectivity index (χ2n) is 4.52. The molecular weight excluding hydrogens is 247 g/mol. The molecule has 0 aliphatic rings. The number of rotatable bonds is 4. The third-order valence-electron chi connectivity index (χ3n) is 3.03. The minimum Gasteiger partial charge on any atom is -0.330 e. The first-order valence-corrected chi connectivity index (χ1v) is 6.91. The number of aryl methyl sites for hydroxylation is 1. The van der Waals surface area contributed by atoms with Gasteiger partial charge >= 0.3 is 0 Å². The van der Waals surface area contributed by atoms with Gasteiger partial charge in [0.05, 0.1) is 5.69 Å². The van der Waals surface area contributed by atoms with Crippen molar-refractivity contribution >= 4 is 11.3 Å². The van der Waals surface area contributed by atoms with E-state index in [0.717, 1.165) is 22.7 Å². The standard InChI is InChI=1S/C14H17FN2S/c1-9(5-6-16)13-8-18-14(17-13)11-3-4-12(15)10(2)7-11/h3-4,7-9H,5-6,16H2,1-2H3. The smallest absolute Gasteiger partial charge is 0.126 e. The van der Waals surface area contributed by atoms with Crippen molar-refractivity contribution in [2.75, 3.05) is 6.54 Å². The Morgan fingerprint density at radius 3 is 2.89 bits per heavy atom. The summed E-state index contributed by atoms with van der Waals surface area (Å²) in [5, 5.41) is 3.01. The van der Waals surface area contributed by atoms with Gasteiger partial charge in [-0.15, -0.1) is 11.3 Å². The van der Waals surface area contributed by atoms with E-state index in [1.807, 2.05) is 6.07 Å². The summed E-state index contributed by atoms with van der Waals surface area (Å²) in [4.78, 5) is 4.61. The maximum absolute atomic E-state index is 13.2. The van der Waals surface area contributed by atoms with E-state index >= 15 is 0 Å². The lowest BCUT2D eigenvalue weighted by Gasteiger charge is -2.05. The summed E-state index contributed by atoms with van der Waals surface area (Å²) in [6.07, 6.45) is 0.936. The van der Waals surface area contributed by atoms with Crippen molar-refractivity contribution < 1.29 is 4.39 Å². The fourth-order valence-electron chi connectivity index (χ4n) is 1.82. The summed E-state index contributed by atoms with van der Waals surface area (Å²) in [5.74, 6) is 0.202. The van der Waals surface area contributed by atoms with Crippen molar-refractivity contribution in [1.82, 2.24) is 4.98 Å². The third-order valence-corrected chi connectivity index (χ3v) is 3.94. The molecule has 0 saturated carbocycles. The van der Waals surface area contributed by atoms with Crippen molar-refractivity contribution in [3.05, 3.63) is 40.7 Å². The summed E-state index contributed by atoms with van der Waals surface area (Å²) >= 11 is 1.60. The highest BCUT2D eigenvalue weighted by atomic mass is 32.1. The van der Waals surface area contributed by atoms with Crippen LogP contribution in [0.4, 0.5) is 4.39 Å². The number of aromatic nitrogens is 1. The Morgan fingerprint density at radius 1 is 1.44 bits per heavy atom. The van der Waals surface area contributed by atoms with E-state index in [1.165, 1.54) is 6.07 Å².